The van der Waals surface area contributed by atoms with E-state index in [2.05, 4.69) is 29.4 Å². The molecule has 2 unspecified atom stereocenters. The molecular weight excluding hydrogens is 340 g/mol. The highest BCUT2D eigenvalue weighted by Gasteiger charge is 2.23. The van der Waals surface area contributed by atoms with Gasteiger partial charge in [0.25, 0.3) is 5.91 Å². The number of likely N-dealkylation sites (tertiary alicyclic amines) is 1. The zero-order valence-corrected chi connectivity index (χ0v) is 16.5. The maximum atomic E-state index is 12.2. The lowest BCUT2D eigenvalue weighted by atomic mass is 10.0. The summed E-state index contributed by atoms with van der Waals surface area (Å²) in [6.07, 6.45) is 3.96. The second kappa shape index (κ2) is 9.74. The lowest BCUT2D eigenvalue weighted by molar-refractivity contribution is -0.124. The van der Waals surface area contributed by atoms with E-state index in [-0.39, 0.29) is 12.0 Å². The summed E-state index contributed by atoms with van der Waals surface area (Å²) in [5.41, 5.74) is 1.89. The number of carbonyl (C=O) groups is 1. The van der Waals surface area contributed by atoms with E-state index in [1.807, 2.05) is 24.3 Å². The normalized spacial score (nSPS) is 23.3. The highest BCUT2D eigenvalue weighted by Crippen LogP contribution is 2.18. The van der Waals surface area contributed by atoms with Crippen LogP contribution in [0.25, 0.3) is 0 Å². The van der Waals surface area contributed by atoms with Crippen LogP contribution in [0.1, 0.15) is 45.1 Å². The van der Waals surface area contributed by atoms with Crippen LogP contribution in [-0.4, -0.2) is 49.1 Å². The van der Waals surface area contributed by atoms with E-state index >= 15 is 0 Å². The van der Waals surface area contributed by atoms with E-state index < -0.39 is 0 Å². The van der Waals surface area contributed by atoms with E-state index in [0.717, 1.165) is 49.7 Å². The van der Waals surface area contributed by atoms with Crippen molar-refractivity contribution in [2.24, 2.45) is 10.9 Å². The zero-order valence-electron chi connectivity index (χ0n) is 16.5. The average molecular weight is 373 g/mol. The number of nitrogens with zero attached hydrogens (tertiary/aromatic N) is 2. The summed E-state index contributed by atoms with van der Waals surface area (Å²) in [4.78, 5) is 19.4. The molecular formula is C21H32N4O2. The molecule has 0 aliphatic carbocycles. The van der Waals surface area contributed by atoms with Gasteiger partial charge in [0.05, 0.1) is 6.54 Å². The largest absolute Gasteiger partial charge is 0.368 e. The van der Waals surface area contributed by atoms with Gasteiger partial charge in [-0.25, -0.2) is 4.99 Å². The van der Waals surface area contributed by atoms with Gasteiger partial charge in [-0.05, 0) is 56.2 Å². The highest BCUT2D eigenvalue weighted by atomic mass is 16.5. The molecule has 0 bridgehead atoms. The number of ether oxygens (including phenoxy) is 1. The van der Waals surface area contributed by atoms with Gasteiger partial charge in [0.2, 0.25) is 0 Å². The maximum Gasteiger partial charge on any atom is 0.253 e. The molecule has 0 aromatic heterocycles. The summed E-state index contributed by atoms with van der Waals surface area (Å²) >= 11 is 0. The van der Waals surface area contributed by atoms with Crippen LogP contribution in [0.3, 0.4) is 0 Å². The van der Waals surface area contributed by atoms with Crippen molar-refractivity contribution in [3.63, 3.8) is 0 Å². The molecule has 1 aromatic carbocycles. The molecule has 2 N–H and O–H groups in total. The van der Waals surface area contributed by atoms with Gasteiger partial charge in [-0.3, -0.25) is 4.79 Å². The number of benzene rings is 1. The van der Waals surface area contributed by atoms with Crippen LogP contribution in [0.15, 0.2) is 29.3 Å². The molecule has 2 heterocycles. The third-order valence-electron chi connectivity index (χ3n) is 5.12. The number of guanidine groups is 1. The number of carbonyl (C=O) groups excluding carboxylic acids is 1. The number of hydrogen-bond donors (Lipinski definition) is 2. The first kappa shape index (κ1) is 19.7. The Morgan fingerprint density at radius 1 is 1.33 bits per heavy atom. The van der Waals surface area contributed by atoms with Crippen LogP contribution >= 0.6 is 0 Å². The van der Waals surface area contributed by atoms with Gasteiger partial charge in [0, 0.05) is 31.9 Å². The molecule has 6 heteroatoms. The fourth-order valence-corrected chi connectivity index (χ4v) is 3.73. The van der Waals surface area contributed by atoms with Gasteiger partial charge < -0.3 is 20.3 Å². The van der Waals surface area contributed by atoms with Crippen molar-refractivity contribution in [2.75, 3.05) is 31.6 Å². The summed E-state index contributed by atoms with van der Waals surface area (Å²) in [5, 5.41) is 6.38. The molecule has 3 rings (SSSR count). The van der Waals surface area contributed by atoms with Gasteiger partial charge in [-0.15, -0.1) is 0 Å². The van der Waals surface area contributed by atoms with Crippen molar-refractivity contribution in [3.8, 4) is 0 Å². The van der Waals surface area contributed by atoms with E-state index in [1.165, 1.54) is 12.8 Å². The minimum absolute atomic E-state index is 0.0520. The molecule has 2 aliphatic heterocycles. The molecule has 1 amide bonds. The molecule has 2 aliphatic rings. The number of aliphatic imine (C=N–C) groups is 1. The van der Waals surface area contributed by atoms with Gasteiger partial charge in [0.1, 0.15) is 6.10 Å². The third kappa shape index (κ3) is 5.70. The molecule has 2 fully saturated rings. The van der Waals surface area contributed by atoms with Gasteiger partial charge in [-0.1, -0.05) is 19.1 Å². The van der Waals surface area contributed by atoms with E-state index in [0.29, 0.717) is 19.1 Å². The molecule has 148 valence electrons. The first-order valence-electron chi connectivity index (χ1n) is 10.2. The molecule has 27 heavy (non-hydrogen) atoms. The molecule has 6 nitrogen and oxygen atoms in total. The lowest BCUT2D eigenvalue weighted by Crippen LogP contribution is -2.46. The zero-order chi connectivity index (χ0) is 19.1. The van der Waals surface area contributed by atoms with Crippen LogP contribution in [0.2, 0.25) is 0 Å². The SMILES string of the molecule is CCNC(=NCc1cccc(NC(=O)C2CCCO2)c1)N1CCCC(C)C1. The standard InChI is InChI=1S/C21H32N4O2/c1-3-22-21(25-11-5-7-16(2)15-25)23-14-17-8-4-9-18(13-17)24-20(26)19-10-6-12-27-19/h4,8-9,13,16,19H,3,5-7,10-12,14-15H2,1-2H3,(H,22,23)(H,24,26). The van der Waals surface area contributed by atoms with Crippen LogP contribution in [0.5, 0.6) is 0 Å². The topological polar surface area (TPSA) is 66.0 Å². The first-order chi connectivity index (χ1) is 13.2. The van der Waals surface area contributed by atoms with Crippen molar-refractivity contribution in [3.05, 3.63) is 29.8 Å². The van der Waals surface area contributed by atoms with Crippen LogP contribution < -0.4 is 10.6 Å². The third-order valence-corrected chi connectivity index (χ3v) is 5.12. The predicted molar refractivity (Wildman–Crippen MR) is 109 cm³/mol. The Kier molecular flexibility index (Phi) is 7.10. The quantitative estimate of drug-likeness (QED) is 0.616. The molecule has 2 atom stereocenters. The predicted octanol–water partition coefficient (Wildman–Crippen LogP) is 3.00. The van der Waals surface area contributed by atoms with Crippen LogP contribution in [0.4, 0.5) is 5.69 Å². The van der Waals surface area contributed by atoms with Crippen molar-refractivity contribution in [1.29, 1.82) is 0 Å². The first-order valence-corrected chi connectivity index (χ1v) is 10.2. The van der Waals surface area contributed by atoms with Crippen LogP contribution in [0, 0.1) is 5.92 Å². The Bertz CT molecular complexity index is 655. The molecule has 2 saturated heterocycles. The van der Waals surface area contributed by atoms with Crippen molar-refractivity contribution in [2.45, 2.75) is 52.2 Å². The minimum Gasteiger partial charge on any atom is -0.368 e. The molecule has 0 saturated carbocycles. The number of hydrogen-bond acceptors (Lipinski definition) is 3. The lowest BCUT2D eigenvalue weighted by Gasteiger charge is -2.33. The second-order valence-electron chi connectivity index (χ2n) is 7.55. The van der Waals surface area contributed by atoms with Crippen molar-refractivity contribution in [1.82, 2.24) is 10.2 Å². The summed E-state index contributed by atoms with van der Waals surface area (Å²) in [5.74, 6) is 1.64. The fraction of sp³-hybridized carbons (Fsp3) is 0.619. The molecule has 0 spiro atoms. The second-order valence-corrected chi connectivity index (χ2v) is 7.55. The minimum atomic E-state index is -0.312. The number of piperidine rings is 1. The van der Waals surface area contributed by atoms with Gasteiger partial charge >= 0.3 is 0 Å². The Hall–Kier alpha value is -2.08. The smallest absolute Gasteiger partial charge is 0.253 e. The van der Waals surface area contributed by atoms with Crippen molar-refractivity contribution >= 4 is 17.6 Å². The summed E-state index contributed by atoms with van der Waals surface area (Å²) in [6.45, 7) is 8.66. The van der Waals surface area contributed by atoms with E-state index in [1.54, 1.807) is 0 Å². The van der Waals surface area contributed by atoms with Gasteiger partial charge in [0.15, 0.2) is 5.96 Å². The Labute approximate surface area is 162 Å². The fourth-order valence-electron chi connectivity index (χ4n) is 3.73. The highest BCUT2D eigenvalue weighted by molar-refractivity contribution is 5.94. The van der Waals surface area contributed by atoms with E-state index in [9.17, 15) is 4.79 Å². The Balaban J connectivity index is 1.63. The number of nitrogens with one attached hydrogen (secondary N) is 2. The summed E-state index contributed by atoms with van der Waals surface area (Å²) in [7, 11) is 0. The average Bonchev–Trinajstić information content (AvgIpc) is 3.20. The van der Waals surface area contributed by atoms with Gasteiger partial charge in [-0.2, -0.15) is 0 Å². The van der Waals surface area contributed by atoms with Crippen LogP contribution in [-0.2, 0) is 16.1 Å². The van der Waals surface area contributed by atoms with E-state index in [4.69, 9.17) is 9.73 Å². The number of amides is 1. The summed E-state index contributed by atoms with van der Waals surface area (Å²) < 4.78 is 5.45. The maximum absolute atomic E-state index is 12.2. The molecule has 0 radical (unpaired) electrons. The monoisotopic (exact) mass is 372 g/mol. The Morgan fingerprint density at radius 2 is 2.22 bits per heavy atom. The summed E-state index contributed by atoms with van der Waals surface area (Å²) in [6, 6.07) is 7.93. The number of rotatable bonds is 5. The molecule has 1 aromatic rings. The Morgan fingerprint density at radius 3 is 2.96 bits per heavy atom. The van der Waals surface area contributed by atoms with Crippen molar-refractivity contribution < 1.29 is 9.53 Å². The number of anilines is 1.